The zero-order chi connectivity index (χ0) is 7.30. The normalized spacial score (nSPS) is 51.6. The molecule has 0 aromatic heterocycles. The fourth-order valence-electron chi connectivity index (χ4n) is 2.26. The molecule has 2 heteroatoms. The van der Waals surface area contributed by atoms with Crippen LogP contribution in [-0.4, -0.2) is 11.9 Å². The first-order valence-corrected chi connectivity index (χ1v) is 4.00. The molecule has 2 unspecified atom stereocenters. The number of fused-ring (bicyclic) bond motifs is 2. The third-order valence-corrected chi connectivity index (χ3v) is 3.27. The Morgan fingerprint density at radius 2 is 2.10 bits per heavy atom. The number of rotatable bonds is 0. The van der Waals surface area contributed by atoms with E-state index >= 15 is 0 Å². The van der Waals surface area contributed by atoms with Crippen molar-refractivity contribution in [3.05, 3.63) is 0 Å². The molecule has 0 aromatic carbocycles. The smallest absolute Gasteiger partial charge is 0.223 e. The lowest BCUT2D eigenvalue weighted by atomic mass is 9.89. The van der Waals surface area contributed by atoms with Gasteiger partial charge in [-0.05, 0) is 18.3 Å². The SMILES string of the molecule is CC1C(C)[C@H]2C[C@@H]1NC2=O. The summed E-state index contributed by atoms with van der Waals surface area (Å²) < 4.78 is 0. The monoisotopic (exact) mass is 139 g/mol. The first-order chi connectivity index (χ1) is 4.70. The second-order valence-electron chi connectivity index (χ2n) is 3.68. The van der Waals surface area contributed by atoms with E-state index in [0.29, 0.717) is 23.8 Å². The van der Waals surface area contributed by atoms with Crippen LogP contribution in [0, 0.1) is 17.8 Å². The van der Waals surface area contributed by atoms with Crippen molar-refractivity contribution in [2.24, 2.45) is 17.8 Å². The molecule has 1 N–H and O–H groups in total. The summed E-state index contributed by atoms with van der Waals surface area (Å²) in [5.41, 5.74) is 0. The number of hydrogen-bond acceptors (Lipinski definition) is 1. The van der Waals surface area contributed by atoms with Gasteiger partial charge in [0.1, 0.15) is 0 Å². The van der Waals surface area contributed by atoms with Gasteiger partial charge in [0.25, 0.3) is 0 Å². The Morgan fingerprint density at radius 3 is 2.50 bits per heavy atom. The van der Waals surface area contributed by atoms with Gasteiger partial charge in [-0.15, -0.1) is 0 Å². The minimum atomic E-state index is 0.288. The Kier molecular flexibility index (Phi) is 1.08. The van der Waals surface area contributed by atoms with Crippen LogP contribution < -0.4 is 5.32 Å². The number of nitrogens with one attached hydrogen (secondary N) is 1. The molecule has 2 nitrogen and oxygen atoms in total. The second kappa shape index (κ2) is 1.74. The van der Waals surface area contributed by atoms with Gasteiger partial charge in [-0.1, -0.05) is 13.8 Å². The number of carbonyl (C=O) groups excluding carboxylic acids is 1. The zero-order valence-electron chi connectivity index (χ0n) is 6.42. The maximum atomic E-state index is 11.1. The standard InChI is InChI=1S/C8H13NO/c1-4-5(2)7-3-6(4)8(10)9-7/h4-7H,3H2,1-2H3,(H,9,10)/t4?,5?,6-,7+/m1/s1. The van der Waals surface area contributed by atoms with E-state index in [9.17, 15) is 4.79 Å². The molecule has 0 radical (unpaired) electrons. The van der Waals surface area contributed by atoms with Gasteiger partial charge in [0, 0.05) is 12.0 Å². The maximum absolute atomic E-state index is 11.1. The quantitative estimate of drug-likeness (QED) is 0.528. The van der Waals surface area contributed by atoms with E-state index in [-0.39, 0.29) is 5.91 Å². The lowest BCUT2D eigenvalue weighted by Crippen LogP contribution is -2.40. The largest absolute Gasteiger partial charge is 0.353 e. The van der Waals surface area contributed by atoms with Crippen LogP contribution in [0.15, 0.2) is 0 Å². The van der Waals surface area contributed by atoms with Crippen LogP contribution >= 0.6 is 0 Å². The zero-order valence-corrected chi connectivity index (χ0v) is 6.42. The summed E-state index contributed by atoms with van der Waals surface area (Å²) >= 11 is 0. The average molecular weight is 139 g/mol. The molecule has 0 aromatic rings. The summed E-state index contributed by atoms with van der Waals surface area (Å²) in [7, 11) is 0. The van der Waals surface area contributed by atoms with Crippen molar-refractivity contribution < 1.29 is 4.79 Å². The molecule has 1 saturated heterocycles. The molecule has 2 rings (SSSR count). The highest BCUT2D eigenvalue weighted by molar-refractivity contribution is 5.82. The fourth-order valence-corrected chi connectivity index (χ4v) is 2.26. The Morgan fingerprint density at radius 1 is 1.40 bits per heavy atom. The van der Waals surface area contributed by atoms with Crippen molar-refractivity contribution in [1.82, 2.24) is 5.32 Å². The molecule has 4 atom stereocenters. The highest BCUT2D eigenvalue weighted by atomic mass is 16.2. The molecule has 1 saturated carbocycles. The molecule has 1 aliphatic carbocycles. The minimum Gasteiger partial charge on any atom is -0.353 e. The molecule has 2 fully saturated rings. The van der Waals surface area contributed by atoms with Crippen molar-refractivity contribution in [2.75, 3.05) is 0 Å². The molecule has 1 aliphatic heterocycles. The second-order valence-corrected chi connectivity index (χ2v) is 3.68. The van der Waals surface area contributed by atoms with Gasteiger partial charge in [0.05, 0.1) is 0 Å². The predicted molar refractivity (Wildman–Crippen MR) is 38.4 cm³/mol. The van der Waals surface area contributed by atoms with Crippen LogP contribution in [0.1, 0.15) is 20.3 Å². The summed E-state index contributed by atoms with van der Waals surface area (Å²) in [6.07, 6.45) is 1.08. The van der Waals surface area contributed by atoms with E-state index in [1.165, 1.54) is 0 Å². The minimum absolute atomic E-state index is 0.288. The molecule has 2 aliphatic rings. The van der Waals surface area contributed by atoms with Crippen molar-refractivity contribution in [1.29, 1.82) is 0 Å². The maximum Gasteiger partial charge on any atom is 0.223 e. The molecular weight excluding hydrogens is 126 g/mol. The third kappa shape index (κ3) is 0.568. The molecule has 10 heavy (non-hydrogen) atoms. The van der Waals surface area contributed by atoms with Crippen molar-refractivity contribution in [2.45, 2.75) is 26.3 Å². The van der Waals surface area contributed by atoms with Crippen LogP contribution in [0.2, 0.25) is 0 Å². The Labute approximate surface area is 61.0 Å². The van der Waals surface area contributed by atoms with Gasteiger partial charge in [0.15, 0.2) is 0 Å². The molecule has 56 valence electrons. The number of piperidine rings is 1. The van der Waals surface area contributed by atoms with Gasteiger partial charge in [-0.25, -0.2) is 0 Å². The molecule has 1 heterocycles. The third-order valence-electron chi connectivity index (χ3n) is 3.27. The summed E-state index contributed by atoms with van der Waals surface area (Å²) in [6.45, 7) is 4.42. The molecule has 0 spiro atoms. The van der Waals surface area contributed by atoms with E-state index < -0.39 is 0 Å². The molecule has 1 amide bonds. The number of carbonyl (C=O) groups is 1. The highest BCUT2D eigenvalue weighted by Crippen LogP contribution is 2.41. The Balaban J connectivity index is 2.24. The predicted octanol–water partition coefficient (Wildman–Crippen LogP) is 0.777. The number of hydrogen-bond donors (Lipinski definition) is 1. The fraction of sp³-hybridized carbons (Fsp3) is 0.875. The summed E-state index contributed by atoms with van der Waals surface area (Å²) in [4.78, 5) is 11.1. The first-order valence-electron chi connectivity index (χ1n) is 4.00. The van der Waals surface area contributed by atoms with Crippen LogP contribution in [0.25, 0.3) is 0 Å². The van der Waals surface area contributed by atoms with Crippen molar-refractivity contribution in [3.8, 4) is 0 Å². The summed E-state index contributed by atoms with van der Waals surface area (Å²) in [6, 6.07) is 0.493. The lowest BCUT2D eigenvalue weighted by molar-refractivity contribution is -0.125. The van der Waals surface area contributed by atoms with Crippen molar-refractivity contribution in [3.63, 3.8) is 0 Å². The van der Waals surface area contributed by atoms with E-state index in [1.54, 1.807) is 0 Å². The van der Waals surface area contributed by atoms with Gasteiger partial charge in [-0.3, -0.25) is 4.79 Å². The van der Waals surface area contributed by atoms with Crippen molar-refractivity contribution >= 4 is 5.91 Å². The van der Waals surface area contributed by atoms with Gasteiger partial charge < -0.3 is 5.32 Å². The number of amides is 1. The van der Waals surface area contributed by atoms with E-state index in [2.05, 4.69) is 19.2 Å². The van der Waals surface area contributed by atoms with Gasteiger partial charge in [-0.2, -0.15) is 0 Å². The van der Waals surface area contributed by atoms with Crippen LogP contribution in [-0.2, 0) is 4.79 Å². The Bertz CT molecular complexity index is 176. The first kappa shape index (κ1) is 6.20. The van der Waals surface area contributed by atoms with Crippen LogP contribution in [0.5, 0.6) is 0 Å². The summed E-state index contributed by atoms with van der Waals surface area (Å²) in [5.74, 6) is 1.93. The highest BCUT2D eigenvalue weighted by Gasteiger charge is 2.47. The lowest BCUT2D eigenvalue weighted by Gasteiger charge is -2.24. The van der Waals surface area contributed by atoms with Gasteiger partial charge >= 0.3 is 0 Å². The topological polar surface area (TPSA) is 29.1 Å². The summed E-state index contributed by atoms with van der Waals surface area (Å²) in [5, 5.41) is 2.99. The van der Waals surface area contributed by atoms with Gasteiger partial charge in [0.2, 0.25) is 5.91 Å². The van der Waals surface area contributed by atoms with Crippen LogP contribution in [0.3, 0.4) is 0 Å². The van der Waals surface area contributed by atoms with E-state index in [4.69, 9.17) is 0 Å². The van der Waals surface area contributed by atoms with Crippen LogP contribution in [0.4, 0.5) is 0 Å². The van der Waals surface area contributed by atoms with E-state index in [1.807, 2.05) is 0 Å². The Hall–Kier alpha value is -0.530. The average Bonchev–Trinajstić information content (AvgIpc) is 2.36. The molecule has 2 bridgehead atoms. The molecular formula is C8H13NO. The van der Waals surface area contributed by atoms with E-state index in [0.717, 1.165) is 6.42 Å².